The Morgan fingerprint density at radius 2 is 2.25 bits per heavy atom. The quantitative estimate of drug-likeness (QED) is 0.439. The molecule has 0 radical (unpaired) electrons. The van der Waals surface area contributed by atoms with Gasteiger partial charge in [0, 0.05) is 32.2 Å². The van der Waals surface area contributed by atoms with Crippen molar-refractivity contribution in [3.05, 3.63) is 16.1 Å². The van der Waals surface area contributed by atoms with Crippen LogP contribution >= 0.6 is 11.3 Å². The van der Waals surface area contributed by atoms with Gasteiger partial charge in [-0.3, -0.25) is 0 Å². The summed E-state index contributed by atoms with van der Waals surface area (Å²) in [5.41, 5.74) is 1.15. The lowest BCUT2D eigenvalue weighted by Crippen LogP contribution is -2.38. The first kappa shape index (κ1) is 16.9. The van der Waals surface area contributed by atoms with E-state index in [0.717, 1.165) is 42.8 Å². The molecule has 5 nitrogen and oxygen atoms in total. The Bertz CT molecular complexity index is 404. The number of thiazole rings is 1. The number of methoxy groups -OCH3 is 1. The second-order valence-electron chi connectivity index (χ2n) is 4.79. The van der Waals surface area contributed by atoms with Crippen LogP contribution in [-0.2, 0) is 11.3 Å². The molecule has 114 valence electrons. The number of nitrogens with zero attached hydrogens (tertiary/aromatic N) is 2. The van der Waals surface area contributed by atoms with Gasteiger partial charge >= 0.3 is 0 Å². The lowest BCUT2D eigenvalue weighted by atomic mass is 10.2. The largest absolute Gasteiger partial charge is 0.385 e. The molecular formula is C14H26N4OS. The fourth-order valence-corrected chi connectivity index (χ4v) is 2.45. The molecule has 0 spiro atoms. The maximum atomic E-state index is 5.03. The van der Waals surface area contributed by atoms with Crippen molar-refractivity contribution < 1.29 is 4.74 Å². The molecule has 0 bridgehead atoms. The van der Waals surface area contributed by atoms with E-state index in [0.29, 0.717) is 12.5 Å². The van der Waals surface area contributed by atoms with E-state index in [4.69, 9.17) is 4.74 Å². The van der Waals surface area contributed by atoms with Crippen LogP contribution in [0.4, 0.5) is 0 Å². The van der Waals surface area contributed by atoms with Crippen molar-refractivity contribution in [3.8, 4) is 0 Å². The summed E-state index contributed by atoms with van der Waals surface area (Å²) < 4.78 is 5.03. The summed E-state index contributed by atoms with van der Waals surface area (Å²) in [6, 6.07) is 0. The highest BCUT2D eigenvalue weighted by molar-refractivity contribution is 7.09. The number of guanidine groups is 1. The molecule has 0 aliphatic rings. The number of aromatic nitrogens is 1. The molecule has 0 fully saturated rings. The Kier molecular flexibility index (Phi) is 8.22. The molecule has 0 saturated carbocycles. The van der Waals surface area contributed by atoms with Gasteiger partial charge in [-0.1, -0.05) is 13.8 Å². The smallest absolute Gasteiger partial charge is 0.191 e. The minimum absolute atomic E-state index is 0.476. The molecule has 0 aliphatic carbocycles. The summed E-state index contributed by atoms with van der Waals surface area (Å²) in [6.45, 7) is 9.47. The van der Waals surface area contributed by atoms with E-state index >= 15 is 0 Å². The molecule has 0 aromatic carbocycles. The molecule has 0 unspecified atom stereocenters. The highest BCUT2D eigenvalue weighted by atomic mass is 32.1. The number of ether oxygens (including phenoxy) is 1. The average Bonchev–Trinajstić information content (AvgIpc) is 2.90. The second-order valence-corrected chi connectivity index (χ2v) is 5.73. The zero-order chi connectivity index (χ0) is 14.8. The average molecular weight is 298 g/mol. The summed E-state index contributed by atoms with van der Waals surface area (Å²) in [5.74, 6) is 1.31. The minimum atomic E-state index is 0.476. The van der Waals surface area contributed by atoms with Gasteiger partial charge in [0.25, 0.3) is 0 Å². The number of aliphatic imine (C=N–C) groups is 1. The summed E-state index contributed by atoms with van der Waals surface area (Å²) >= 11 is 1.68. The highest BCUT2D eigenvalue weighted by Crippen LogP contribution is 2.18. The van der Waals surface area contributed by atoms with E-state index in [-0.39, 0.29) is 0 Å². The summed E-state index contributed by atoms with van der Waals surface area (Å²) in [5, 5.41) is 9.70. The minimum Gasteiger partial charge on any atom is -0.385 e. The van der Waals surface area contributed by atoms with Crippen LogP contribution in [0.5, 0.6) is 0 Å². The predicted molar refractivity (Wildman–Crippen MR) is 85.5 cm³/mol. The first-order valence-electron chi connectivity index (χ1n) is 7.12. The van der Waals surface area contributed by atoms with Gasteiger partial charge < -0.3 is 15.4 Å². The third-order valence-electron chi connectivity index (χ3n) is 2.70. The molecule has 6 heteroatoms. The first-order chi connectivity index (χ1) is 9.67. The topological polar surface area (TPSA) is 58.5 Å². The monoisotopic (exact) mass is 298 g/mol. The van der Waals surface area contributed by atoms with E-state index in [1.807, 2.05) is 0 Å². The van der Waals surface area contributed by atoms with Crippen molar-refractivity contribution >= 4 is 17.3 Å². The molecule has 1 heterocycles. The van der Waals surface area contributed by atoms with Crippen molar-refractivity contribution in [2.24, 2.45) is 4.99 Å². The van der Waals surface area contributed by atoms with Crippen molar-refractivity contribution in [1.29, 1.82) is 0 Å². The molecular weight excluding hydrogens is 272 g/mol. The van der Waals surface area contributed by atoms with Crippen molar-refractivity contribution in [2.75, 3.05) is 26.8 Å². The van der Waals surface area contributed by atoms with E-state index in [1.54, 1.807) is 18.4 Å². The second kappa shape index (κ2) is 9.72. The van der Waals surface area contributed by atoms with Crippen LogP contribution in [0.3, 0.4) is 0 Å². The van der Waals surface area contributed by atoms with E-state index in [2.05, 4.69) is 46.8 Å². The molecule has 1 aromatic heterocycles. The molecule has 2 N–H and O–H groups in total. The summed E-state index contributed by atoms with van der Waals surface area (Å²) in [6.07, 6.45) is 0.968. The SMILES string of the molecule is CCNC(=NCc1nc(C(C)C)cs1)NCCCOC. The highest BCUT2D eigenvalue weighted by Gasteiger charge is 2.05. The Morgan fingerprint density at radius 3 is 2.85 bits per heavy atom. The summed E-state index contributed by atoms with van der Waals surface area (Å²) in [7, 11) is 1.72. The van der Waals surface area contributed by atoms with Crippen LogP contribution in [0.1, 0.15) is 43.8 Å². The molecule has 0 aliphatic heterocycles. The molecule has 0 amide bonds. The van der Waals surface area contributed by atoms with Crippen molar-refractivity contribution in [2.45, 2.75) is 39.7 Å². The van der Waals surface area contributed by atoms with Crippen LogP contribution in [-0.4, -0.2) is 37.7 Å². The van der Waals surface area contributed by atoms with Gasteiger partial charge in [-0.2, -0.15) is 0 Å². The third kappa shape index (κ3) is 6.34. The summed E-state index contributed by atoms with van der Waals surface area (Å²) in [4.78, 5) is 9.14. The number of hydrogen-bond acceptors (Lipinski definition) is 4. The normalized spacial score (nSPS) is 11.9. The van der Waals surface area contributed by atoms with E-state index in [1.165, 1.54) is 0 Å². The number of nitrogens with one attached hydrogen (secondary N) is 2. The third-order valence-corrected chi connectivity index (χ3v) is 3.55. The van der Waals surface area contributed by atoms with Crippen LogP contribution in [0.2, 0.25) is 0 Å². The lowest BCUT2D eigenvalue weighted by Gasteiger charge is -2.10. The van der Waals surface area contributed by atoms with Gasteiger partial charge in [-0.25, -0.2) is 9.98 Å². The van der Waals surface area contributed by atoms with Gasteiger partial charge in [0.2, 0.25) is 0 Å². The molecule has 1 rings (SSSR count). The predicted octanol–water partition coefficient (Wildman–Crippen LogP) is 2.36. The molecule has 1 aromatic rings. The number of hydrogen-bond donors (Lipinski definition) is 2. The molecule has 0 atom stereocenters. The maximum absolute atomic E-state index is 5.03. The van der Waals surface area contributed by atoms with E-state index in [9.17, 15) is 0 Å². The molecule has 20 heavy (non-hydrogen) atoms. The standard InChI is InChI=1S/C14H26N4OS/c1-5-15-14(16-7-6-8-19-4)17-9-13-18-12(10-20-13)11(2)3/h10-11H,5-9H2,1-4H3,(H2,15,16,17). The Balaban J connectivity index is 2.47. The van der Waals surface area contributed by atoms with Gasteiger partial charge in [0.15, 0.2) is 5.96 Å². The maximum Gasteiger partial charge on any atom is 0.191 e. The van der Waals surface area contributed by atoms with Crippen molar-refractivity contribution in [1.82, 2.24) is 15.6 Å². The Morgan fingerprint density at radius 1 is 1.45 bits per heavy atom. The zero-order valence-electron chi connectivity index (χ0n) is 12.9. The fraction of sp³-hybridized carbons (Fsp3) is 0.714. The zero-order valence-corrected chi connectivity index (χ0v) is 13.7. The van der Waals surface area contributed by atoms with Gasteiger partial charge in [-0.15, -0.1) is 11.3 Å². The first-order valence-corrected chi connectivity index (χ1v) is 8.00. The van der Waals surface area contributed by atoms with Crippen LogP contribution in [0.15, 0.2) is 10.4 Å². The van der Waals surface area contributed by atoms with E-state index < -0.39 is 0 Å². The van der Waals surface area contributed by atoms with Gasteiger partial charge in [-0.05, 0) is 19.3 Å². The van der Waals surface area contributed by atoms with Gasteiger partial charge in [0.05, 0.1) is 12.2 Å². The van der Waals surface area contributed by atoms with Crippen LogP contribution < -0.4 is 10.6 Å². The number of rotatable bonds is 8. The Labute approximate surface area is 125 Å². The Hall–Kier alpha value is -1.14. The lowest BCUT2D eigenvalue weighted by molar-refractivity contribution is 0.195. The van der Waals surface area contributed by atoms with Crippen molar-refractivity contribution in [3.63, 3.8) is 0 Å². The van der Waals surface area contributed by atoms with Crippen LogP contribution in [0, 0.1) is 0 Å². The molecule has 0 saturated heterocycles. The fourth-order valence-electron chi connectivity index (χ4n) is 1.57. The van der Waals surface area contributed by atoms with Gasteiger partial charge in [0.1, 0.15) is 5.01 Å². The van der Waals surface area contributed by atoms with Crippen LogP contribution in [0.25, 0.3) is 0 Å².